The van der Waals surface area contributed by atoms with Crippen LogP contribution in [-0.4, -0.2) is 20.1 Å². The highest BCUT2D eigenvalue weighted by Crippen LogP contribution is 2.23. The number of nitrogens with one attached hydrogen (secondary N) is 2. The van der Waals surface area contributed by atoms with Gasteiger partial charge in [-0.1, -0.05) is 26.0 Å². The van der Waals surface area contributed by atoms with Gasteiger partial charge in [0, 0.05) is 12.7 Å². The van der Waals surface area contributed by atoms with Crippen LogP contribution >= 0.6 is 0 Å². The summed E-state index contributed by atoms with van der Waals surface area (Å²) in [6, 6.07) is 11.4. The summed E-state index contributed by atoms with van der Waals surface area (Å²) in [5.41, 5.74) is 2.64. The average molecular weight is 296 g/mol. The molecule has 3 rings (SSSR count). The van der Waals surface area contributed by atoms with Crippen molar-refractivity contribution in [2.45, 2.75) is 26.4 Å². The molecule has 0 bridgehead atoms. The molecule has 1 aromatic carbocycles. The van der Waals surface area contributed by atoms with Crippen molar-refractivity contribution in [3.63, 3.8) is 0 Å². The zero-order valence-corrected chi connectivity index (χ0v) is 12.7. The number of aromatic nitrogens is 3. The van der Waals surface area contributed by atoms with Crippen LogP contribution in [0.2, 0.25) is 0 Å². The van der Waals surface area contributed by atoms with Crippen LogP contribution in [0, 0.1) is 5.92 Å². The van der Waals surface area contributed by atoms with Gasteiger partial charge in [-0.3, -0.25) is 4.98 Å². The van der Waals surface area contributed by atoms with Crippen LogP contribution in [0.5, 0.6) is 5.75 Å². The second kappa shape index (κ2) is 6.15. The monoisotopic (exact) mass is 296 g/mol. The number of imidazole rings is 1. The SMILES string of the molecule is CC(C)C(NCc1ncccc1O)c1nc2ccccc2[nH]1. The number of pyridine rings is 1. The molecule has 0 aliphatic carbocycles. The smallest absolute Gasteiger partial charge is 0.138 e. The van der Waals surface area contributed by atoms with E-state index in [4.69, 9.17) is 0 Å². The van der Waals surface area contributed by atoms with Gasteiger partial charge >= 0.3 is 0 Å². The summed E-state index contributed by atoms with van der Waals surface area (Å²) in [5, 5.41) is 13.3. The average Bonchev–Trinajstić information content (AvgIpc) is 2.92. The van der Waals surface area contributed by atoms with Crippen LogP contribution < -0.4 is 5.32 Å². The maximum Gasteiger partial charge on any atom is 0.138 e. The maximum atomic E-state index is 9.82. The van der Waals surface area contributed by atoms with E-state index in [-0.39, 0.29) is 11.8 Å². The summed E-state index contributed by atoms with van der Waals surface area (Å²) in [5.74, 6) is 1.47. The van der Waals surface area contributed by atoms with Crippen molar-refractivity contribution in [2.75, 3.05) is 0 Å². The minimum atomic E-state index is 0.0637. The molecule has 0 spiro atoms. The molecular formula is C17H20N4O. The van der Waals surface area contributed by atoms with Gasteiger partial charge in [-0.05, 0) is 30.2 Å². The van der Waals surface area contributed by atoms with Gasteiger partial charge < -0.3 is 15.4 Å². The number of para-hydroxylation sites is 2. The second-order valence-electron chi connectivity index (χ2n) is 5.71. The number of benzene rings is 1. The molecule has 0 aliphatic heterocycles. The number of hydrogen-bond donors (Lipinski definition) is 3. The van der Waals surface area contributed by atoms with Gasteiger partial charge in [0.1, 0.15) is 11.6 Å². The predicted molar refractivity (Wildman–Crippen MR) is 86.4 cm³/mol. The highest BCUT2D eigenvalue weighted by atomic mass is 16.3. The summed E-state index contributed by atoms with van der Waals surface area (Å²) in [6.07, 6.45) is 1.68. The summed E-state index contributed by atoms with van der Waals surface area (Å²) >= 11 is 0. The molecule has 0 radical (unpaired) electrons. The van der Waals surface area contributed by atoms with Crippen molar-refractivity contribution in [1.29, 1.82) is 0 Å². The second-order valence-corrected chi connectivity index (χ2v) is 5.71. The molecule has 1 unspecified atom stereocenters. The Labute approximate surface area is 129 Å². The highest BCUT2D eigenvalue weighted by Gasteiger charge is 2.19. The Morgan fingerprint density at radius 3 is 2.73 bits per heavy atom. The molecule has 22 heavy (non-hydrogen) atoms. The number of hydrogen-bond acceptors (Lipinski definition) is 4. The zero-order chi connectivity index (χ0) is 15.5. The van der Waals surface area contributed by atoms with E-state index in [1.54, 1.807) is 18.3 Å². The van der Waals surface area contributed by atoms with Crippen LogP contribution in [0.1, 0.15) is 31.4 Å². The van der Waals surface area contributed by atoms with Crippen LogP contribution in [0.4, 0.5) is 0 Å². The summed E-state index contributed by atoms with van der Waals surface area (Å²) in [6.45, 7) is 4.78. The Morgan fingerprint density at radius 2 is 2.00 bits per heavy atom. The number of aromatic hydroxyl groups is 1. The highest BCUT2D eigenvalue weighted by molar-refractivity contribution is 5.74. The number of aromatic amines is 1. The number of H-pyrrole nitrogens is 1. The number of rotatable bonds is 5. The predicted octanol–water partition coefficient (Wildman–Crippen LogP) is 3.15. The van der Waals surface area contributed by atoms with Crippen LogP contribution in [-0.2, 0) is 6.54 Å². The molecule has 0 fully saturated rings. The minimum Gasteiger partial charge on any atom is -0.506 e. The van der Waals surface area contributed by atoms with Gasteiger partial charge in [-0.2, -0.15) is 0 Å². The molecule has 114 valence electrons. The van der Waals surface area contributed by atoms with Gasteiger partial charge in [-0.25, -0.2) is 4.98 Å². The third-order valence-corrected chi connectivity index (χ3v) is 3.72. The first-order valence-corrected chi connectivity index (χ1v) is 7.46. The Kier molecular flexibility index (Phi) is 4.06. The molecule has 2 aromatic heterocycles. The lowest BCUT2D eigenvalue weighted by atomic mass is 10.0. The number of fused-ring (bicyclic) bond motifs is 1. The molecule has 3 N–H and O–H groups in total. The molecule has 5 heteroatoms. The Bertz CT molecular complexity index is 733. The van der Waals surface area contributed by atoms with E-state index in [1.807, 2.05) is 24.3 Å². The van der Waals surface area contributed by atoms with Crippen LogP contribution in [0.25, 0.3) is 11.0 Å². The lowest BCUT2D eigenvalue weighted by Gasteiger charge is -2.20. The van der Waals surface area contributed by atoms with Crippen LogP contribution in [0.15, 0.2) is 42.6 Å². The van der Waals surface area contributed by atoms with Crippen LogP contribution in [0.3, 0.4) is 0 Å². The minimum absolute atomic E-state index is 0.0637. The molecule has 3 aromatic rings. The van der Waals surface area contributed by atoms with Crippen molar-refractivity contribution in [1.82, 2.24) is 20.3 Å². The molecule has 0 aliphatic rings. The van der Waals surface area contributed by atoms with Gasteiger partial charge in [0.05, 0.1) is 22.8 Å². The lowest BCUT2D eigenvalue weighted by Crippen LogP contribution is -2.26. The van der Waals surface area contributed by atoms with E-state index >= 15 is 0 Å². The maximum absolute atomic E-state index is 9.82. The molecule has 5 nitrogen and oxygen atoms in total. The standard InChI is InChI=1S/C17H20N4O/c1-11(2)16(19-10-14-15(22)8-5-9-18-14)17-20-12-6-3-4-7-13(12)21-17/h3-9,11,16,19,22H,10H2,1-2H3,(H,20,21). The normalized spacial score (nSPS) is 12.9. The lowest BCUT2D eigenvalue weighted by molar-refractivity contribution is 0.386. The fourth-order valence-corrected chi connectivity index (χ4v) is 2.54. The number of nitrogens with zero attached hydrogens (tertiary/aromatic N) is 2. The summed E-state index contributed by atoms with van der Waals surface area (Å²) in [7, 11) is 0. The fourth-order valence-electron chi connectivity index (χ4n) is 2.54. The van der Waals surface area contributed by atoms with E-state index in [0.29, 0.717) is 18.2 Å². The van der Waals surface area contributed by atoms with E-state index in [1.165, 1.54) is 0 Å². The molecule has 0 saturated heterocycles. The van der Waals surface area contributed by atoms with Crippen molar-refractivity contribution in [3.05, 3.63) is 54.1 Å². The van der Waals surface area contributed by atoms with Gasteiger partial charge in [-0.15, -0.1) is 0 Å². The van der Waals surface area contributed by atoms with Crippen molar-refractivity contribution < 1.29 is 5.11 Å². The topological polar surface area (TPSA) is 73.8 Å². The summed E-state index contributed by atoms with van der Waals surface area (Å²) in [4.78, 5) is 12.2. The Hall–Kier alpha value is -2.40. The van der Waals surface area contributed by atoms with Crippen molar-refractivity contribution in [2.24, 2.45) is 5.92 Å². The Balaban J connectivity index is 1.82. The van der Waals surface area contributed by atoms with Crippen molar-refractivity contribution in [3.8, 4) is 5.75 Å². The fraction of sp³-hybridized carbons (Fsp3) is 0.294. The Morgan fingerprint density at radius 1 is 1.18 bits per heavy atom. The quantitative estimate of drug-likeness (QED) is 0.676. The molecule has 0 amide bonds. The van der Waals surface area contributed by atoms with Gasteiger partial charge in [0.25, 0.3) is 0 Å². The van der Waals surface area contributed by atoms with E-state index < -0.39 is 0 Å². The van der Waals surface area contributed by atoms with E-state index in [2.05, 4.69) is 34.1 Å². The molecule has 0 saturated carbocycles. The van der Waals surface area contributed by atoms with Gasteiger partial charge in [0.2, 0.25) is 0 Å². The first kappa shape index (κ1) is 14.5. The molecule has 1 atom stereocenters. The third kappa shape index (κ3) is 2.94. The zero-order valence-electron chi connectivity index (χ0n) is 12.7. The third-order valence-electron chi connectivity index (χ3n) is 3.72. The van der Waals surface area contributed by atoms with Gasteiger partial charge in [0.15, 0.2) is 0 Å². The first-order chi connectivity index (χ1) is 10.6. The van der Waals surface area contributed by atoms with E-state index in [9.17, 15) is 5.11 Å². The van der Waals surface area contributed by atoms with E-state index in [0.717, 1.165) is 16.9 Å². The van der Waals surface area contributed by atoms with Crippen molar-refractivity contribution >= 4 is 11.0 Å². The first-order valence-electron chi connectivity index (χ1n) is 7.46. The molecular weight excluding hydrogens is 276 g/mol. The molecule has 2 heterocycles. The largest absolute Gasteiger partial charge is 0.506 e. The summed E-state index contributed by atoms with van der Waals surface area (Å²) < 4.78 is 0.